The predicted molar refractivity (Wildman–Crippen MR) is 110 cm³/mol. The molecule has 5 nitrogen and oxygen atoms in total. The predicted octanol–water partition coefficient (Wildman–Crippen LogP) is 3.25. The molecule has 2 fully saturated rings. The van der Waals surface area contributed by atoms with Crippen LogP contribution in [0.25, 0.3) is 0 Å². The molecule has 0 radical (unpaired) electrons. The smallest absolute Gasteiger partial charge is 0.191 e. The van der Waals surface area contributed by atoms with Crippen molar-refractivity contribution < 1.29 is 13.9 Å². The molecule has 28 heavy (non-hydrogen) atoms. The lowest BCUT2D eigenvalue weighted by Crippen LogP contribution is -2.38. The van der Waals surface area contributed by atoms with E-state index in [1.165, 1.54) is 0 Å². The zero-order chi connectivity index (χ0) is 19.7. The van der Waals surface area contributed by atoms with Crippen LogP contribution in [0.5, 0.6) is 0 Å². The minimum Gasteiger partial charge on any atom is -0.381 e. The van der Waals surface area contributed by atoms with E-state index in [0.29, 0.717) is 12.5 Å². The van der Waals surface area contributed by atoms with Gasteiger partial charge < -0.3 is 20.1 Å². The van der Waals surface area contributed by atoms with Crippen molar-refractivity contribution in [1.82, 2.24) is 10.6 Å². The van der Waals surface area contributed by atoms with Crippen molar-refractivity contribution in [1.29, 1.82) is 0 Å². The van der Waals surface area contributed by atoms with Crippen molar-refractivity contribution in [2.45, 2.75) is 44.4 Å². The molecule has 2 aliphatic rings. The number of rotatable bonds is 10. The van der Waals surface area contributed by atoms with Gasteiger partial charge in [0, 0.05) is 44.9 Å². The van der Waals surface area contributed by atoms with Gasteiger partial charge in [-0.1, -0.05) is 18.2 Å². The van der Waals surface area contributed by atoms with Crippen LogP contribution in [-0.2, 0) is 14.9 Å². The third kappa shape index (κ3) is 6.17. The normalized spacial score (nSPS) is 19.4. The Kier molecular flexibility index (Phi) is 8.10. The maximum Gasteiger partial charge on any atom is 0.191 e. The molecule has 1 aromatic rings. The first-order valence-electron chi connectivity index (χ1n) is 10.7. The average Bonchev–Trinajstić information content (AvgIpc) is 3.50. The molecule has 0 aromatic heterocycles. The Labute approximate surface area is 168 Å². The Bertz CT molecular complexity index is 628. The molecule has 1 saturated carbocycles. The fourth-order valence-electron chi connectivity index (χ4n) is 3.67. The number of guanidine groups is 1. The van der Waals surface area contributed by atoms with E-state index in [1.807, 2.05) is 12.1 Å². The molecule has 0 spiro atoms. The van der Waals surface area contributed by atoms with Crippen LogP contribution in [-0.4, -0.2) is 52.0 Å². The molecular weight excluding hydrogens is 357 g/mol. The van der Waals surface area contributed by atoms with Crippen molar-refractivity contribution in [2.24, 2.45) is 10.9 Å². The van der Waals surface area contributed by atoms with E-state index in [4.69, 9.17) is 14.5 Å². The molecule has 6 heteroatoms. The molecule has 0 unspecified atom stereocenters. The van der Waals surface area contributed by atoms with Gasteiger partial charge in [0.25, 0.3) is 0 Å². The molecule has 0 atom stereocenters. The van der Waals surface area contributed by atoms with Crippen molar-refractivity contribution >= 4 is 5.96 Å². The van der Waals surface area contributed by atoms with Gasteiger partial charge in [0.15, 0.2) is 5.96 Å². The summed E-state index contributed by atoms with van der Waals surface area (Å²) in [6.45, 7) is 7.61. The van der Waals surface area contributed by atoms with Gasteiger partial charge in [-0.3, -0.25) is 4.99 Å². The van der Waals surface area contributed by atoms with Gasteiger partial charge in [0.05, 0.1) is 6.54 Å². The maximum absolute atomic E-state index is 14.2. The van der Waals surface area contributed by atoms with E-state index >= 15 is 0 Å². The van der Waals surface area contributed by atoms with Crippen LogP contribution in [0.2, 0.25) is 0 Å². The molecule has 156 valence electrons. The van der Waals surface area contributed by atoms with Crippen LogP contribution < -0.4 is 10.6 Å². The Hall–Kier alpha value is -1.66. The standard InChI is InChI=1S/C22H34FN3O2/c1-2-24-21(25-12-5-13-28-16-18-8-14-27-15-9-18)26-17-22(10-11-22)19-6-3-4-7-20(19)23/h3-4,6-7,18H,2,5,8-17H2,1H3,(H2,24,25,26). The monoisotopic (exact) mass is 391 g/mol. The first-order valence-corrected chi connectivity index (χ1v) is 10.7. The zero-order valence-corrected chi connectivity index (χ0v) is 17.0. The van der Waals surface area contributed by atoms with Crippen molar-refractivity contribution in [3.05, 3.63) is 35.6 Å². The second kappa shape index (κ2) is 10.8. The number of hydrogen-bond donors (Lipinski definition) is 2. The minimum atomic E-state index is -0.124. The van der Waals surface area contributed by atoms with Crippen LogP contribution in [0, 0.1) is 11.7 Å². The lowest BCUT2D eigenvalue weighted by Gasteiger charge is -2.21. The summed E-state index contributed by atoms with van der Waals surface area (Å²) in [4.78, 5) is 4.73. The molecule has 1 aliphatic heterocycles. The summed E-state index contributed by atoms with van der Waals surface area (Å²) in [5, 5.41) is 6.65. The van der Waals surface area contributed by atoms with Gasteiger partial charge in [-0.2, -0.15) is 0 Å². The van der Waals surface area contributed by atoms with Crippen LogP contribution in [0.1, 0.15) is 44.6 Å². The Balaban J connectivity index is 1.39. The van der Waals surface area contributed by atoms with E-state index in [9.17, 15) is 4.39 Å². The maximum atomic E-state index is 14.2. The summed E-state index contributed by atoms with van der Waals surface area (Å²) in [5.41, 5.74) is 0.677. The molecule has 1 aromatic carbocycles. The first kappa shape index (κ1) is 21.1. The largest absolute Gasteiger partial charge is 0.381 e. The number of hydrogen-bond acceptors (Lipinski definition) is 3. The van der Waals surface area contributed by atoms with Gasteiger partial charge in [-0.05, 0) is 56.6 Å². The quantitative estimate of drug-likeness (QED) is 0.365. The minimum absolute atomic E-state index is 0.116. The number of ether oxygens (including phenoxy) is 2. The summed E-state index contributed by atoms with van der Waals surface area (Å²) in [6.07, 6.45) is 5.15. The molecule has 1 heterocycles. The lowest BCUT2D eigenvalue weighted by molar-refractivity contribution is 0.0203. The highest BCUT2D eigenvalue weighted by atomic mass is 19.1. The molecule has 2 N–H and O–H groups in total. The summed E-state index contributed by atoms with van der Waals surface area (Å²) in [7, 11) is 0. The number of aliphatic imine (C=N–C) groups is 1. The number of halogens is 1. The molecule has 1 saturated heterocycles. The summed E-state index contributed by atoms with van der Waals surface area (Å²) >= 11 is 0. The Morgan fingerprint density at radius 2 is 2.04 bits per heavy atom. The third-order valence-electron chi connectivity index (χ3n) is 5.64. The molecule has 1 aliphatic carbocycles. The first-order chi connectivity index (χ1) is 13.7. The highest BCUT2D eigenvalue weighted by Gasteiger charge is 2.45. The van der Waals surface area contributed by atoms with E-state index in [1.54, 1.807) is 12.1 Å². The molecule has 3 rings (SSSR count). The molecular formula is C22H34FN3O2. The highest BCUT2D eigenvalue weighted by Crippen LogP contribution is 2.49. The van der Waals surface area contributed by atoms with Crippen LogP contribution in [0.3, 0.4) is 0 Å². The van der Waals surface area contributed by atoms with Crippen LogP contribution in [0.15, 0.2) is 29.3 Å². The van der Waals surface area contributed by atoms with Crippen molar-refractivity contribution in [3.8, 4) is 0 Å². The van der Waals surface area contributed by atoms with E-state index in [2.05, 4.69) is 17.6 Å². The fraction of sp³-hybridized carbons (Fsp3) is 0.682. The van der Waals surface area contributed by atoms with Gasteiger partial charge in [-0.25, -0.2) is 4.39 Å². The number of benzene rings is 1. The zero-order valence-electron chi connectivity index (χ0n) is 17.0. The SMILES string of the molecule is CCNC(=NCC1(c2ccccc2F)CC1)NCCCOCC1CCOCC1. The second-order valence-electron chi connectivity index (χ2n) is 7.87. The Morgan fingerprint density at radius 3 is 2.75 bits per heavy atom. The van der Waals surface area contributed by atoms with Crippen LogP contribution >= 0.6 is 0 Å². The molecule has 0 bridgehead atoms. The molecule has 0 amide bonds. The number of nitrogens with zero attached hydrogens (tertiary/aromatic N) is 1. The van der Waals surface area contributed by atoms with Gasteiger partial charge in [-0.15, -0.1) is 0 Å². The van der Waals surface area contributed by atoms with Crippen molar-refractivity contribution in [3.63, 3.8) is 0 Å². The van der Waals surface area contributed by atoms with Gasteiger partial charge >= 0.3 is 0 Å². The summed E-state index contributed by atoms with van der Waals surface area (Å²) < 4.78 is 25.3. The van der Waals surface area contributed by atoms with Gasteiger partial charge in [0.1, 0.15) is 5.82 Å². The van der Waals surface area contributed by atoms with Crippen molar-refractivity contribution in [2.75, 3.05) is 46.1 Å². The highest BCUT2D eigenvalue weighted by molar-refractivity contribution is 5.79. The average molecular weight is 392 g/mol. The number of nitrogens with one attached hydrogen (secondary N) is 2. The van der Waals surface area contributed by atoms with Crippen LogP contribution in [0.4, 0.5) is 4.39 Å². The summed E-state index contributed by atoms with van der Waals surface area (Å²) in [5.74, 6) is 1.33. The van der Waals surface area contributed by atoms with E-state index in [-0.39, 0.29) is 11.2 Å². The third-order valence-corrected chi connectivity index (χ3v) is 5.64. The van der Waals surface area contributed by atoms with Gasteiger partial charge in [0.2, 0.25) is 0 Å². The topological polar surface area (TPSA) is 54.9 Å². The van der Waals surface area contributed by atoms with E-state index in [0.717, 1.165) is 83.1 Å². The summed E-state index contributed by atoms with van der Waals surface area (Å²) in [6, 6.07) is 7.09. The van der Waals surface area contributed by atoms with E-state index < -0.39 is 0 Å². The lowest BCUT2D eigenvalue weighted by atomic mass is 9.95. The fourth-order valence-corrected chi connectivity index (χ4v) is 3.67. The Morgan fingerprint density at radius 1 is 1.25 bits per heavy atom. The second-order valence-corrected chi connectivity index (χ2v) is 7.87.